The smallest absolute Gasteiger partial charge is 0.0629 e. The molecule has 0 amide bonds. The van der Waals surface area contributed by atoms with Crippen molar-refractivity contribution in [1.29, 1.82) is 0 Å². The van der Waals surface area contributed by atoms with Crippen LogP contribution in [0.15, 0.2) is 12.2 Å². The van der Waals surface area contributed by atoms with Crippen molar-refractivity contribution >= 4 is 0 Å². The molecule has 14 heavy (non-hydrogen) atoms. The minimum Gasteiger partial charge on any atom is -0.374 e. The van der Waals surface area contributed by atoms with Crippen molar-refractivity contribution in [3.63, 3.8) is 0 Å². The summed E-state index contributed by atoms with van der Waals surface area (Å²) in [6.45, 7) is 16.1. The lowest BCUT2D eigenvalue weighted by atomic mass is 10.1. The van der Waals surface area contributed by atoms with Crippen LogP contribution in [0, 0.1) is 0 Å². The summed E-state index contributed by atoms with van der Waals surface area (Å²) in [7, 11) is 0. The highest BCUT2D eigenvalue weighted by molar-refractivity contribution is 4.92. The van der Waals surface area contributed by atoms with Gasteiger partial charge in [-0.3, -0.25) is 0 Å². The van der Waals surface area contributed by atoms with Gasteiger partial charge in [0.25, 0.3) is 0 Å². The molecular weight excluding hydrogens is 174 g/mol. The first kappa shape index (κ1) is 13.7. The predicted molar refractivity (Wildman–Crippen MR) is 62.6 cm³/mol. The van der Waals surface area contributed by atoms with Crippen LogP contribution in [0.3, 0.4) is 0 Å². The molecule has 0 radical (unpaired) electrons. The third-order valence-electron chi connectivity index (χ3n) is 1.81. The molecule has 0 aliphatic carbocycles. The third kappa shape index (κ3) is 8.27. The fourth-order valence-electron chi connectivity index (χ4n) is 1.25. The van der Waals surface area contributed by atoms with Gasteiger partial charge in [0.2, 0.25) is 0 Å². The molecular formula is C12H25NO. The van der Waals surface area contributed by atoms with Crippen LogP contribution in [-0.2, 0) is 4.74 Å². The molecule has 0 heterocycles. The van der Waals surface area contributed by atoms with Gasteiger partial charge in [-0.05, 0) is 40.7 Å². The first-order valence-corrected chi connectivity index (χ1v) is 5.37. The Morgan fingerprint density at radius 2 is 2.00 bits per heavy atom. The van der Waals surface area contributed by atoms with Crippen LogP contribution in [-0.4, -0.2) is 24.8 Å². The average molecular weight is 199 g/mol. The number of likely N-dealkylation sites (N-methyl/N-ethyl adjacent to an activating group) is 1. The largest absolute Gasteiger partial charge is 0.374 e. The highest BCUT2D eigenvalue weighted by Gasteiger charge is 2.14. The van der Waals surface area contributed by atoms with Crippen molar-refractivity contribution in [2.45, 2.75) is 52.7 Å². The quantitative estimate of drug-likeness (QED) is 0.664. The lowest BCUT2D eigenvalue weighted by Gasteiger charge is -2.25. The maximum Gasteiger partial charge on any atom is 0.0629 e. The van der Waals surface area contributed by atoms with Crippen LogP contribution >= 0.6 is 0 Å². The van der Waals surface area contributed by atoms with Crippen molar-refractivity contribution in [1.82, 2.24) is 5.32 Å². The summed E-state index contributed by atoms with van der Waals surface area (Å²) < 4.78 is 5.74. The molecule has 0 fully saturated rings. The van der Waals surface area contributed by atoms with Crippen LogP contribution in [0.5, 0.6) is 0 Å². The second-order valence-electron chi connectivity index (χ2n) is 4.84. The molecule has 0 bridgehead atoms. The van der Waals surface area contributed by atoms with Crippen molar-refractivity contribution in [3.8, 4) is 0 Å². The van der Waals surface area contributed by atoms with Gasteiger partial charge in [-0.1, -0.05) is 12.5 Å². The van der Waals surface area contributed by atoms with E-state index in [0.29, 0.717) is 6.04 Å². The zero-order chi connectivity index (χ0) is 11.2. The molecule has 0 aliphatic rings. The Hall–Kier alpha value is -0.340. The van der Waals surface area contributed by atoms with Crippen LogP contribution in [0.4, 0.5) is 0 Å². The van der Waals surface area contributed by atoms with Crippen LogP contribution < -0.4 is 5.32 Å². The lowest BCUT2D eigenvalue weighted by Crippen LogP contribution is -2.36. The van der Waals surface area contributed by atoms with Gasteiger partial charge in [0.1, 0.15) is 0 Å². The molecule has 0 aliphatic heterocycles. The molecule has 2 heteroatoms. The zero-order valence-corrected chi connectivity index (χ0v) is 10.3. The van der Waals surface area contributed by atoms with Gasteiger partial charge >= 0.3 is 0 Å². The van der Waals surface area contributed by atoms with E-state index < -0.39 is 0 Å². The van der Waals surface area contributed by atoms with Crippen LogP contribution in [0.2, 0.25) is 0 Å². The topological polar surface area (TPSA) is 21.3 Å². The Bertz CT molecular complexity index is 170. The van der Waals surface area contributed by atoms with Gasteiger partial charge in [0.05, 0.1) is 12.2 Å². The second-order valence-corrected chi connectivity index (χ2v) is 4.84. The average Bonchev–Trinajstić information content (AvgIpc) is 1.98. The molecule has 1 unspecified atom stereocenters. The van der Waals surface area contributed by atoms with Gasteiger partial charge in [-0.2, -0.15) is 0 Å². The van der Waals surface area contributed by atoms with E-state index >= 15 is 0 Å². The van der Waals surface area contributed by atoms with Crippen molar-refractivity contribution in [2.75, 3.05) is 13.2 Å². The molecule has 0 spiro atoms. The molecule has 0 aromatic rings. The van der Waals surface area contributed by atoms with E-state index in [1.165, 1.54) is 5.57 Å². The first-order valence-electron chi connectivity index (χ1n) is 5.37. The Labute approximate surface area is 88.7 Å². The molecule has 0 saturated carbocycles. The fraction of sp³-hybridized carbons (Fsp3) is 0.833. The molecule has 1 N–H and O–H groups in total. The minimum absolute atomic E-state index is 0.0528. The van der Waals surface area contributed by atoms with Crippen LogP contribution in [0.25, 0.3) is 0 Å². The number of ether oxygens (including phenoxy) is 1. The maximum atomic E-state index is 5.74. The Balaban J connectivity index is 3.90. The molecule has 84 valence electrons. The van der Waals surface area contributed by atoms with Gasteiger partial charge in [-0.25, -0.2) is 0 Å². The van der Waals surface area contributed by atoms with Crippen molar-refractivity contribution < 1.29 is 4.74 Å². The third-order valence-corrected chi connectivity index (χ3v) is 1.81. The highest BCUT2D eigenvalue weighted by Crippen LogP contribution is 2.10. The molecule has 0 rings (SSSR count). The summed E-state index contributed by atoms with van der Waals surface area (Å²) in [5, 5.41) is 3.40. The van der Waals surface area contributed by atoms with E-state index in [-0.39, 0.29) is 5.60 Å². The summed E-state index contributed by atoms with van der Waals surface area (Å²) in [4.78, 5) is 0. The predicted octanol–water partition coefficient (Wildman–Crippen LogP) is 2.75. The molecule has 0 saturated heterocycles. The van der Waals surface area contributed by atoms with E-state index in [2.05, 4.69) is 46.5 Å². The SMILES string of the molecule is C=C(C)CC(COC(C)(C)C)NCC. The molecule has 0 aromatic carbocycles. The normalized spacial score (nSPS) is 14.1. The molecule has 2 nitrogen and oxygen atoms in total. The Morgan fingerprint density at radius 1 is 1.43 bits per heavy atom. The summed E-state index contributed by atoms with van der Waals surface area (Å²) in [6, 6.07) is 0.400. The van der Waals surface area contributed by atoms with E-state index in [1.807, 2.05) is 0 Å². The van der Waals surface area contributed by atoms with Crippen LogP contribution in [0.1, 0.15) is 41.0 Å². The number of nitrogens with one attached hydrogen (secondary N) is 1. The highest BCUT2D eigenvalue weighted by atomic mass is 16.5. The van der Waals surface area contributed by atoms with E-state index in [9.17, 15) is 0 Å². The second kappa shape index (κ2) is 6.20. The molecule has 1 atom stereocenters. The van der Waals surface area contributed by atoms with Crippen molar-refractivity contribution in [2.24, 2.45) is 0 Å². The number of hydrogen-bond acceptors (Lipinski definition) is 2. The van der Waals surface area contributed by atoms with E-state index in [1.54, 1.807) is 0 Å². The van der Waals surface area contributed by atoms with Gasteiger partial charge in [-0.15, -0.1) is 6.58 Å². The van der Waals surface area contributed by atoms with E-state index in [0.717, 1.165) is 19.6 Å². The summed E-state index contributed by atoms with van der Waals surface area (Å²) in [5.74, 6) is 0. The standard InChI is InChI=1S/C12H25NO/c1-7-13-11(8-10(2)3)9-14-12(4,5)6/h11,13H,2,7-9H2,1,3-6H3. The van der Waals surface area contributed by atoms with Gasteiger partial charge in [0.15, 0.2) is 0 Å². The maximum absolute atomic E-state index is 5.74. The van der Waals surface area contributed by atoms with Gasteiger partial charge in [0, 0.05) is 6.04 Å². The zero-order valence-electron chi connectivity index (χ0n) is 10.3. The molecule has 0 aromatic heterocycles. The summed E-state index contributed by atoms with van der Waals surface area (Å²) in [5.41, 5.74) is 1.15. The Kier molecular flexibility index (Phi) is 6.05. The monoisotopic (exact) mass is 199 g/mol. The summed E-state index contributed by atoms with van der Waals surface area (Å²) >= 11 is 0. The fourth-order valence-corrected chi connectivity index (χ4v) is 1.25. The van der Waals surface area contributed by atoms with Crippen molar-refractivity contribution in [3.05, 3.63) is 12.2 Å². The van der Waals surface area contributed by atoms with Gasteiger partial charge < -0.3 is 10.1 Å². The minimum atomic E-state index is -0.0528. The first-order chi connectivity index (χ1) is 6.35. The number of hydrogen-bond donors (Lipinski definition) is 1. The summed E-state index contributed by atoms with van der Waals surface area (Å²) in [6.07, 6.45) is 0.990. The Morgan fingerprint density at radius 3 is 2.36 bits per heavy atom. The lowest BCUT2D eigenvalue weighted by molar-refractivity contribution is -0.0141. The number of rotatable bonds is 6. The van der Waals surface area contributed by atoms with E-state index in [4.69, 9.17) is 4.74 Å².